The van der Waals surface area contributed by atoms with Gasteiger partial charge in [-0.1, -0.05) is 69.3 Å². The Morgan fingerprint density at radius 1 is 0.700 bits per heavy atom. The maximum atomic E-state index is 6.22. The molecule has 0 aliphatic carbocycles. The monoisotopic (exact) mass is 391 g/mol. The predicted molar refractivity (Wildman–Crippen MR) is 122 cm³/mol. The van der Waals surface area contributed by atoms with Crippen LogP contribution in [0.15, 0.2) is 77.2 Å². The van der Waals surface area contributed by atoms with E-state index in [-0.39, 0.29) is 5.41 Å². The largest absolute Gasteiger partial charge is 0.452 e. The normalized spacial score (nSPS) is 12.5. The van der Waals surface area contributed by atoms with Crippen molar-refractivity contribution in [3.63, 3.8) is 0 Å². The molecule has 0 saturated carbocycles. The molecule has 4 heteroatoms. The fourth-order valence-electron chi connectivity index (χ4n) is 4.33. The summed E-state index contributed by atoms with van der Waals surface area (Å²) in [5.74, 6) is 0.677. The molecule has 0 atom stereocenters. The molecule has 4 nitrogen and oxygen atoms in total. The van der Waals surface area contributed by atoms with Gasteiger partial charge in [0.25, 0.3) is 0 Å². The van der Waals surface area contributed by atoms with Crippen molar-refractivity contribution in [1.29, 1.82) is 0 Å². The van der Waals surface area contributed by atoms with Crippen LogP contribution in [0.5, 0.6) is 0 Å². The highest BCUT2D eigenvalue weighted by atomic mass is 16.3. The van der Waals surface area contributed by atoms with Gasteiger partial charge in [-0.3, -0.25) is 4.57 Å². The fraction of sp³-hybridized carbons (Fsp3) is 0.154. The van der Waals surface area contributed by atoms with Crippen molar-refractivity contribution in [1.82, 2.24) is 14.5 Å². The fourth-order valence-corrected chi connectivity index (χ4v) is 4.33. The first-order valence-corrected chi connectivity index (χ1v) is 10.2. The van der Waals surface area contributed by atoms with Gasteiger partial charge in [-0.05, 0) is 24.3 Å². The van der Waals surface area contributed by atoms with Crippen molar-refractivity contribution in [3.8, 4) is 5.95 Å². The zero-order valence-corrected chi connectivity index (χ0v) is 17.2. The molecule has 30 heavy (non-hydrogen) atoms. The van der Waals surface area contributed by atoms with E-state index in [9.17, 15) is 0 Å². The van der Waals surface area contributed by atoms with E-state index in [0.717, 1.165) is 38.8 Å². The Labute approximate surface area is 173 Å². The number of aromatic nitrogens is 3. The molecule has 0 saturated heterocycles. The number of nitrogens with zero attached hydrogens (tertiary/aromatic N) is 3. The van der Waals surface area contributed by atoms with E-state index in [1.807, 2.05) is 18.2 Å². The second-order valence-electron chi connectivity index (χ2n) is 8.77. The van der Waals surface area contributed by atoms with Crippen molar-refractivity contribution >= 4 is 43.9 Å². The molecule has 0 radical (unpaired) electrons. The topological polar surface area (TPSA) is 43.9 Å². The average Bonchev–Trinajstić information content (AvgIpc) is 3.28. The maximum absolute atomic E-state index is 6.22. The van der Waals surface area contributed by atoms with Crippen molar-refractivity contribution < 1.29 is 4.42 Å². The van der Waals surface area contributed by atoms with Crippen LogP contribution in [0.1, 0.15) is 26.5 Å². The summed E-state index contributed by atoms with van der Waals surface area (Å²) in [6.07, 6.45) is 0. The summed E-state index contributed by atoms with van der Waals surface area (Å²) in [6, 6.07) is 24.9. The predicted octanol–water partition coefficient (Wildman–Crippen LogP) is 6.77. The van der Waals surface area contributed by atoms with Gasteiger partial charge in [0.05, 0.1) is 16.7 Å². The van der Waals surface area contributed by atoms with Crippen LogP contribution in [0.2, 0.25) is 0 Å². The van der Waals surface area contributed by atoms with Gasteiger partial charge in [0.2, 0.25) is 5.95 Å². The third kappa shape index (κ3) is 2.34. The molecule has 0 aliphatic rings. The minimum atomic E-state index is -0.192. The smallest absolute Gasteiger partial charge is 0.235 e. The van der Waals surface area contributed by atoms with Crippen LogP contribution in [0, 0.1) is 0 Å². The molecule has 0 bridgehead atoms. The van der Waals surface area contributed by atoms with Gasteiger partial charge in [-0.2, -0.15) is 0 Å². The van der Waals surface area contributed by atoms with Crippen LogP contribution in [0.3, 0.4) is 0 Å². The first-order valence-electron chi connectivity index (χ1n) is 10.2. The van der Waals surface area contributed by atoms with Gasteiger partial charge < -0.3 is 4.42 Å². The lowest BCUT2D eigenvalue weighted by atomic mass is 9.91. The van der Waals surface area contributed by atoms with E-state index in [0.29, 0.717) is 5.95 Å². The molecule has 3 heterocycles. The molecule has 3 aromatic carbocycles. The van der Waals surface area contributed by atoms with E-state index >= 15 is 0 Å². The number of hydrogen-bond donors (Lipinski definition) is 0. The van der Waals surface area contributed by atoms with Crippen LogP contribution in [-0.4, -0.2) is 14.5 Å². The first kappa shape index (κ1) is 17.2. The number of furan rings is 1. The average molecular weight is 391 g/mol. The first-order chi connectivity index (χ1) is 14.5. The number of fused-ring (bicyclic) bond motifs is 6. The lowest BCUT2D eigenvalue weighted by molar-refractivity contribution is 0.550. The van der Waals surface area contributed by atoms with Crippen LogP contribution in [-0.2, 0) is 5.41 Å². The Kier molecular flexibility index (Phi) is 3.40. The van der Waals surface area contributed by atoms with Crippen LogP contribution < -0.4 is 0 Å². The quantitative estimate of drug-likeness (QED) is 0.311. The van der Waals surface area contributed by atoms with Crippen LogP contribution in [0.25, 0.3) is 49.8 Å². The second-order valence-corrected chi connectivity index (χ2v) is 8.77. The SMILES string of the molecule is CC(C)(C)c1nc(-n2c3ccccc3c3ccccc32)nc2c1oc1ccccc12. The van der Waals surface area contributed by atoms with Crippen molar-refractivity contribution in [2.45, 2.75) is 26.2 Å². The van der Waals surface area contributed by atoms with Crippen molar-refractivity contribution in [2.24, 2.45) is 0 Å². The molecule has 0 N–H and O–H groups in total. The highest BCUT2D eigenvalue weighted by Crippen LogP contribution is 2.36. The maximum Gasteiger partial charge on any atom is 0.235 e. The Balaban J connectivity index is 1.81. The molecule has 146 valence electrons. The third-order valence-corrected chi connectivity index (χ3v) is 5.70. The zero-order valence-electron chi connectivity index (χ0n) is 17.2. The highest BCUT2D eigenvalue weighted by molar-refractivity contribution is 6.09. The zero-order chi connectivity index (χ0) is 20.5. The molecule has 0 aliphatic heterocycles. The van der Waals surface area contributed by atoms with Gasteiger partial charge in [0.15, 0.2) is 5.58 Å². The summed E-state index contributed by atoms with van der Waals surface area (Å²) < 4.78 is 8.39. The number of para-hydroxylation sites is 3. The van der Waals surface area contributed by atoms with Crippen LogP contribution >= 0.6 is 0 Å². The number of hydrogen-bond acceptors (Lipinski definition) is 3. The minimum absolute atomic E-state index is 0.192. The summed E-state index contributed by atoms with van der Waals surface area (Å²) in [5, 5.41) is 3.42. The summed E-state index contributed by atoms with van der Waals surface area (Å²) in [5.41, 5.74) is 5.40. The molecular weight excluding hydrogens is 370 g/mol. The Bertz CT molecular complexity index is 1530. The standard InChI is InChI=1S/C26H21N3O/c1-26(2,3)24-23-22(18-12-6-9-15-21(18)30-23)27-25(28-24)29-19-13-7-4-10-16(19)17-11-5-8-14-20(17)29/h4-15H,1-3H3. The molecule has 6 aromatic rings. The van der Waals surface area contributed by atoms with Gasteiger partial charge in [0.1, 0.15) is 11.1 Å². The van der Waals surface area contributed by atoms with Gasteiger partial charge >= 0.3 is 0 Å². The Morgan fingerprint density at radius 3 is 1.90 bits per heavy atom. The molecule has 6 rings (SSSR count). The lowest BCUT2D eigenvalue weighted by Crippen LogP contribution is -2.16. The van der Waals surface area contributed by atoms with Gasteiger partial charge in [-0.15, -0.1) is 0 Å². The third-order valence-electron chi connectivity index (χ3n) is 5.70. The minimum Gasteiger partial charge on any atom is -0.452 e. The summed E-state index contributed by atoms with van der Waals surface area (Å²) in [4.78, 5) is 10.1. The number of rotatable bonds is 1. The second kappa shape index (κ2) is 5.92. The van der Waals surface area contributed by atoms with E-state index in [1.54, 1.807) is 0 Å². The molecule has 0 unspecified atom stereocenters. The number of benzene rings is 3. The van der Waals surface area contributed by atoms with E-state index in [2.05, 4.69) is 79.9 Å². The summed E-state index contributed by atoms with van der Waals surface area (Å²) >= 11 is 0. The molecule has 3 aromatic heterocycles. The summed E-state index contributed by atoms with van der Waals surface area (Å²) in [6.45, 7) is 6.49. The molecular formula is C26H21N3O. The lowest BCUT2D eigenvalue weighted by Gasteiger charge is -2.19. The Hall–Kier alpha value is -3.66. The van der Waals surface area contributed by atoms with E-state index < -0.39 is 0 Å². The van der Waals surface area contributed by atoms with Crippen molar-refractivity contribution in [2.75, 3.05) is 0 Å². The van der Waals surface area contributed by atoms with Gasteiger partial charge in [0, 0.05) is 21.6 Å². The Morgan fingerprint density at radius 2 is 1.27 bits per heavy atom. The molecule has 0 amide bonds. The molecule has 0 fully saturated rings. The highest BCUT2D eigenvalue weighted by Gasteiger charge is 2.26. The summed E-state index contributed by atoms with van der Waals surface area (Å²) in [7, 11) is 0. The van der Waals surface area contributed by atoms with E-state index in [1.165, 1.54) is 10.8 Å². The molecule has 0 spiro atoms. The van der Waals surface area contributed by atoms with Crippen LogP contribution in [0.4, 0.5) is 0 Å². The van der Waals surface area contributed by atoms with E-state index in [4.69, 9.17) is 14.4 Å². The van der Waals surface area contributed by atoms with Gasteiger partial charge in [-0.25, -0.2) is 9.97 Å². The van der Waals surface area contributed by atoms with Crippen molar-refractivity contribution in [3.05, 3.63) is 78.5 Å².